The minimum absolute atomic E-state index is 0.189. The minimum atomic E-state index is -0.700. The zero-order valence-corrected chi connectivity index (χ0v) is 11.6. The summed E-state index contributed by atoms with van der Waals surface area (Å²) in [4.78, 5) is 15.4. The molecular formula is C13H10BrFN2O2. The monoisotopic (exact) mass is 324 g/mol. The van der Waals surface area contributed by atoms with Crippen LogP contribution in [0.1, 0.15) is 10.4 Å². The number of anilines is 1. The van der Waals surface area contributed by atoms with Gasteiger partial charge in [-0.25, -0.2) is 4.98 Å². The molecule has 1 aromatic heterocycles. The smallest absolute Gasteiger partial charge is 0.255 e. The van der Waals surface area contributed by atoms with Crippen LogP contribution in [0.4, 0.5) is 10.1 Å². The van der Waals surface area contributed by atoms with Gasteiger partial charge < -0.3 is 10.1 Å². The predicted octanol–water partition coefficient (Wildman–Crippen LogP) is 3.24. The average molecular weight is 325 g/mol. The van der Waals surface area contributed by atoms with E-state index in [-0.39, 0.29) is 5.56 Å². The summed E-state index contributed by atoms with van der Waals surface area (Å²) in [6, 6.07) is 7.71. The fraction of sp³-hybridized carbons (Fsp3) is 0.0769. The molecule has 2 rings (SSSR count). The molecule has 0 fully saturated rings. The fourth-order valence-corrected chi connectivity index (χ4v) is 1.88. The Labute approximate surface area is 117 Å². The van der Waals surface area contributed by atoms with Crippen LogP contribution in [0.3, 0.4) is 0 Å². The van der Waals surface area contributed by atoms with Crippen molar-refractivity contribution in [3.05, 3.63) is 52.5 Å². The number of ether oxygens (including phenoxy) is 1. The van der Waals surface area contributed by atoms with E-state index in [9.17, 15) is 9.18 Å². The lowest BCUT2D eigenvalue weighted by Gasteiger charge is -2.10. The second-order valence-electron chi connectivity index (χ2n) is 3.67. The Morgan fingerprint density at radius 2 is 2.16 bits per heavy atom. The van der Waals surface area contributed by atoms with Crippen molar-refractivity contribution in [3.63, 3.8) is 0 Å². The predicted molar refractivity (Wildman–Crippen MR) is 72.8 cm³/mol. The molecule has 0 unspecified atom stereocenters. The van der Waals surface area contributed by atoms with E-state index in [2.05, 4.69) is 26.2 Å². The lowest BCUT2D eigenvalue weighted by atomic mass is 10.2. The molecule has 4 nitrogen and oxygen atoms in total. The van der Waals surface area contributed by atoms with Gasteiger partial charge >= 0.3 is 0 Å². The summed E-state index contributed by atoms with van der Waals surface area (Å²) in [6.07, 6.45) is 1.24. The number of nitrogens with zero attached hydrogens (tertiary/aromatic N) is 1. The number of carbonyl (C=O) groups excluding carboxylic acids is 1. The van der Waals surface area contributed by atoms with E-state index >= 15 is 0 Å². The van der Waals surface area contributed by atoms with Crippen molar-refractivity contribution in [2.45, 2.75) is 0 Å². The summed E-state index contributed by atoms with van der Waals surface area (Å²) < 4.78 is 18.9. The van der Waals surface area contributed by atoms with Gasteiger partial charge in [-0.05, 0) is 24.3 Å². The molecule has 1 amide bonds. The molecular weight excluding hydrogens is 315 g/mol. The normalized spacial score (nSPS) is 10.1. The topological polar surface area (TPSA) is 51.2 Å². The Morgan fingerprint density at radius 1 is 1.37 bits per heavy atom. The number of aromatic nitrogens is 1. The lowest BCUT2D eigenvalue weighted by Crippen LogP contribution is -2.13. The SMILES string of the molecule is COc1ccc(Br)cc1NC(=O)c1ccnc(F)c1. The van der Waals surface area contributed by atoms with Gasteiger partial charge in [0.05, 0.1) is 12.8 Å². The maximum Gasteiger partial charge on any atom is 0.255 e. The maximum atomic E-state index is 13.0. The van der Waals surface area contributed by atoms with Crippen molar-refractivity contribution in [1.29, 1.82) is 0 Å². The van der Waals surface area contributed by atoms with E-state index < -0.39 is 11.9 Å². The minimum Gasteiger partial charge on any atom is -0.495 e. The van der Waals surface area contributed by atoms with Crippen LogP contribution in [0.5, 0.6) is 5.75 Å². The summed E-state index contributed by atoms with van der Waals surface area (Å²) in [5.41, 5.74) is 0.689. The zero-order valence-electron chi connectivity index (χ0n) is 9.98. The van der Waals surface area contributed by atoms with Gasteiger partial charge in [0.25, 0.3) is 5.91 Å². The lowest BCUT2D eigenvalue weighted by molar-refractivity contribution is 0.102. The summed E-state index contributed by atoms with van der Waals surface area (Å²) in [6.45, 7) is 0. The quantitative estimate of drug-likeness (QED) is 0.882. The second-order valence-corrected chi connectivity index (χ2v) is 4.58. The number of benzene rings is 1. The first-order chi connectivity index (χ1) is 9.10. The van der Waals surface area contributed by atoms with Crippen molar-refractivity contribution < 1.29 is 13.9 Å². The summed E-state index contributed by atoms with van der Waals surface area (Å²) in [5.74, 6) is -0.613. The molecule has 1 aromatic carbocycles. The van der Waals surface area contributed by atoms with Crippen LogP contribution in [0.2, 0.25) is 0 Å². The maximum absolute atomic E-state index is 13.0. The summed E-state index contributed by atoms with van der Waals surface area (Å²) >= 11 is 3.31. The Kier molecular flexibility index (Phi) is 4.11. The number of nitrogens with one attached hydrogen (secondary N) is 1. The molecule has 6 heteroatoms. The van der Waals surface area contributed by atoms with Crippen LogP contribution >= 0.6 is 15.9 Å². The Balaban J connectivity index is 2.26. The first-order valence-electron chi connectivity index (χ1n) is 5.36. The molecule has 0 saturated carbocycles. The molecule has 1 N–H and O–H groups in total. The Hall–Kier alpha value is -1.95. The van der Waals surface area contributed by atoms with Gasteiger partial charge in [0.2, 0.25) is 5.95 Å². The summed E-state index contributed by atoms with van der Waals surface area (Å²) in [5, 5.41) is 2.66. The van der Waals surface area contributed by atoms with E-state index in [1.807, 2.05) is 0 Å². The van der Waals surface area contributed by atoms with Crippen LogP contribution in [-0.2, 0) is 0 Å². The second kappa shape index (κ2) is 5.79. The van der Waals surface area contributed by atoms with Crippen molar-refractivity contribution in [2.75, 3.05) is 12.4 Å². The molecule has 98 valence electrons. The van der Waals surface area contributed by atoms with Crippen LogP contribution < -0.4 is 10.1 Å². The van der Waals surface area contributed by atoms with E-state index in [4.69, 9.17) is 4.74 Å². The van der Waals surface area contributed by atoms with Crippen LogP contribution in [-0.4, -0.2) is 18.0 Å². The van der Waals surface area contributed by atoms with Crippen molar-refractivity contribution in [1.82, 2.24) is 4.98 Å². The number of halogens is 2. The van der Waals surface area contributed by atoms with Crippen molar-refractivity contribution in [2.24, 2.45) is 0 Å². The third-order valence-electron chi connectivity index (χ3n) is 2.40. The highest BCUT2D eigenvalue weighted by molar-refractivity contribution is 9.10. The molecule has 19 heavy (non-hydrogen) atoms. The van der Waals surface area contributed by atoms with E-state index in [0.717, 1.165) is 10.5 Å². The van der Waals surface area contributed by atoms with Gasteiger partial charge in [-0.2, -0.15) is 4.39 Å². The van der Waals surface area contributed by atoms with Gasteiger partial charge in [0, 0.05) is 22.3 Å². The number of hydrogen-bond acceptors (Lipinski definition) is 3. The van der Waals surface area contributed by atoms with Gasteiger partial charge in [-0.1, -0.05) is 15.9 Å². The molecule has 0 bridgehead atoms. The number of rotatable bonds is 3. The number of amides is 1. The third-order valence-corrected chi connectivity index (χ3v) is 2.89. The molecule has 0 aliphatic rings. The molecule has 0 atom stereocenters. The fourth-order valence-electron chi connectivity index (χ4n) is 1.52. The van der Waals surface area contributed by atoms with Crippen LogP contribution in [0.25, 0.3) is 0 Å². The largest absolute Gasteiger partial charge is 0.495 e. The molecule has 0 aliphatic carbocycles. The van der Waals surface area contributed by atoms with Crippen LogP contribution in [0, 0.1) is 5.95 Å². The Morgan fingerprint density at radius 3 is 2.84 bits per heavy atom. The van der Waals surface area contributed by atoms with Crippen molar-refractivity contribution in [3.8, 4) is 5.75 Å². The number of pyridine rings is 1. The van der Waals surface area contributed by atoms with Gasteiger partial charge in [0.15, 0.2) is 0 Å². The van der Waals surface area contributed by atoms with Gasteiger partial charge in [0.1, 0.15) is 5.75 Å². The number of carbonyl (C=O) groups is 1. The highest BCUT2D eigenvalue weighted by Crippen LogP contribution is 2.28. The Bertz CT molecular complexity index is 619. The highest BCUT2D eigenvalue weighted by atomic mass is 79.9. The van der Waals surface area contributed by atoms with Crippen molar-refractivity contribution >= 4 is 27.5 Å². The zero-order chi connectivity index (χ0) is 13.8. The standard InChI is InChI=1S/C13H10BrFN2O2/c1-19-11-3-2-9(14)7-10(11)17-13(18)8-4-5-16-12(15)6-8/h2-7H,1H3,(H,17,18). The molecule has 2 aromatic rings. The molecule has 0 saturated heterocycles. The average Bonchev–Trinajstić information content (AvgIpc) is 2.39. The van der Waals surface area contributed by atoms with Crippen LogP contribution in [0.15, 0.2) is 41.0 Å². The molecule has 0 aliphatic heterocycles. The van der Waals surface area contributed by atoms with Gasteiger partial charge in [-0.15, -0.1) is 0 Å². The number of hydrogen-bond donors (Lipinski definition) is 1. The summed E-state index contributed by atoms with van der Waals surface area (Å²) in [7, 11) is 1.50. The third kappa shape index (κ3) is 3.29. The first-order valence-corrected chi connectivity index (χ1v) is 6.16. The van der Waals surface area contributed by atoms with E-state index in [1.54, 1.807) is 18.2 Å². The molecule has 1 heterocycles. The first kappa shape index (κ1) is 13.5. The molecule has 0 radical (unpaired) electrons. The highest BCUT2D eigenvalue weighted by Gasteiger charge is 2.11. The van der Waals surface area contributed by atoms with E-state index in [1.165, 1.54) is 19.4 Å². The van der Waals surface area contributed by atoms with E-state index in [0.29, 0.717) is 11.4 Å². The number of methoxy groups -OCH3 is 1. The van der Waals surface area contributed by atoms with Gasteiger partial charge in [-0.3, -0.25) is 4.79 Å². The molecule has 0 spiro atoms.